The van der Waals surface area contributed by atoms with Crippen LogP contribution in [0.5, 0.6) is 0 Å². The predicted octanol–water partition coefficient (Wildman–Crippen LogP) is 3.94. The summed E-state index contributed by atoms with van der Waals surface area (Å²) in [7, 11) is 0. The quantitative estimate of drug-likeness (QED) is 0.913. The smallest absolute Gasteiger partial charge is 0.119 e. The van der Waals surface area contributed by atoms with Crippen molar-refractivity contribution in [2.45, 2.75) is 22.9 Å². The van der Waals surface area contributed by atoms with Crippen molar-refractivity contribution in [3.05, 3.63) is 53.2 Å². The van der Waals surface area contributed by atoms with Crippen LogP contribution < -0.4 is 0 Å². The molecule has 0 bridgehead atoms. The minimum atomic E-state index is -0.499. The lowest BCUT2D eigenvalue weighted by Gasteiger charge is -2.11. The van der Waals surface area contributed by atoms with Crippen molar-refractivity contribution in [1.82, 2.24) is 4.98 Å². The fourth-order valence-electron chi connectivity index (χ4n) is 1.47. The molecule has 0 fully saturated rings. The van der Waals surface area contributed by atoms with E-state index in [-0.39, 0.29) is 0 Å². The average Bonchev–Trinajstić information content (AvgIpc) is 2.32. The van der Waals surface area contributed by atoms with Crippen molar-refractivity contribution in [2.24, 2.45) is 0 Å². The molecular formula is C13H12ClNOS. The molecule has 0 saturated carbocycles. The van der Waals surface area contributed by atoms with Gasteiger partial charge in [-0.15, -0.1) is 0 Å². The maximum absolute atomic E-state index is 9.69. The van der Waals surface area contributed by atoms with Crippen molar-refractivity contribution in [3.63, 3.8) is 0 Å². The van der Waals surface area contributed by atoms with Gasteiger partial charge in [0.1, 0.15) is 5.03 Å². The van der Waals surface area contributed by atoms with Gasteiger partial charge in [-0.25, -0.2) is 4.98 Å². The molecule has 1 atom stereocenters. The third kappa shape index (κ3) is 3.00. The molecular weight excluding hydrogens is 254 g/mol. The Hall–Kier alpha value is -1.03. The summed E-state index contributed by atoms with van der Waals surface area (Å²) in [5.41, 5.74) is 0.888. The second-order valence-electron chi connectivity index (χ2n) is 3.61. The molecule has 1 aromatic heterocycles. The third-order valence-electron chi connectivity index (χ3n) is 2.30. The van der Waals surface area contributed by atoms with Crippen molar-refractivity contribution < 1.29 is 5.11 Å². The number of rotatable bonds is 3. The molecule has 88 valence electrons. The first-order valence-corrected chi connectivity index (χ1v) is 6.43. The predicted molar refractivity (Wildman–Crippen MR) is 70.4 cm³/mol. The maximum Gasteiger partial charge on any atom is 0.119 e. The second kappa shape index (κ2) is 5.54. The zero-order chi connectivity index (χ0) is 12.3. The normalized spacial score (nSPS) is 12.4. The second-order valence-corrected chi connectivity index (χ2v) is 5.04. The lowest BCUT2D eigenvalue weighted by Crippen LogP contribution is -1.93. The van der Waals surface area contributed by atoms with Crippen LogP contribution in [0, 0.1) is 0 Å². The summed E-state index contributed by atoms with van der Waals surface area (Å²) in [5, 5.41) is 11.1. The number of hydrogen-bond acceptors (Lipinski definition) is 3. The van der Waals surface area contributed by atoms with Gasteiger partial charge in [-0.3, -0.25) is 0 Å². The van der Waals surface area contributed by atoms with E-state index in [1.807, 2.05) is 30.3 Å². The van der Waals surface area contributed by atoms with Crippen LogP contribution in [-0.4, -0.2) is 10.1 Å². The van der Waals surface area contributed by atoms with Gasteiger partial charge in [-0.2, -0.15) is 0 Å². The van der Waals surface area contributed by atoms with Gasteiger partial charge in [-0.05, 0) is 30.7 Å². The first kappa shape index (κ1) is 12.4. The zero-order valence-electron chi connectivity index (χ0n) is 9.30. The Kier molecular flexibility index (Phi) is 4.05. The molecule has 0 radical (unpaired) electrons. The van der Waals surface area contributed by atoms with E-state index in [1.54, 1.807) is 19.2 Å². The van der Waals surface area contributed by atoms with Crippen LogP contribution in [0.15, 0.2) is 52.5 Å². The standard InChI is InChI=1S/C13H12ClNOS/c1-9(16)10-5-2-3-7-12(10)17-13-11(14)6-4-8-15-13/h2-9,16H,1H3/t9-/m0/s1. The molecule has 0 amide bonds. The number of halogens is 1. The molecule has 0 spiro atoms. The molecule has 0 unspecified atom stereocenters. The van der Waals surface area contributed by atoms with E-state index in [0.717, 1.165) is 15.5 Å². The molecule has 2 rings (SSSR count). The number of hydrogen-bond donors (Lipinski definition) is 1. The molecule has 4 heteroatoms. The van der Waals surface area contributed by atoms with Crippen molar-refractivity contribution in [2.75, 3.05) is 0 Å². The molecule has 0 aliphatic heterocycles. The Labute approximate surface area is 110 Å². The molecule has 0 aliphatic rings. The van der Waals surface area contributed by atoms with Crippen LogP contribution in [0.2, 0.25) is 5.02 Å². The molecule has 0 aliphatic carbocycles. The molecule has 2 nitrogen and oxygen atoms in total. The molecule has 1 N–H and O–H groups in total. The monoisotopic (exact) mass is 265 g/mol. The average molecular weight is 266 g/mol. The first-order valence-electron chi connectivity index (χ1n) is 5.24. The van der Waals surface area contributed by atoms with Crippen molar-refractivity contribution >= 4 is 23.4 Å². The number of benzene rings is 1. The Balaban J connectivity index is 2.34. The molecule has 17 heavy (non-hydrogen) atoms. The van der Waals surface area contributed by atoms with Crippen LogP contribution >= 0.6 is 23.4 Å². The maximum atomic E-state index is 9.69. The summed E-state index contributed by atoms with van der Waals surface area (Å²) in [6, 6.07) is 11.3. The topological polar surface area (TPSA) is 33.1 Å². The fourth-order valence-corrected chi connectivity index (χ4v) is 2.70. The Bertz CT molecular complexity index is 516. The Morgan fingerprint density at radius 1 is 1.24 bits per heavy atom. The van der Waals surface area contributed by atoms with Gasteiger partial charge in [0.25, 0.3) is 0 Å². The first-order chi connectivity index (χ1) is 8.18. The van der Waals surface area contributed by atoms with Crippen molar-refractivity contribution in [3.8, 4) is 0 Å². The highest BCUT2D eigenvalue weighted by Crippen LogP contribution is 2.35. The summed E-state index contributed by atoms with van der Waals surface area (Å²) >= 11 is 7.53. The summed E-state index contributed by atoms with van der Waals surface area (Å²) in [6.07, 6.45) is 1.21. The fraction of sp³-hybridized carbons (Fsp3) is 0.154. The van der Waals surface area contributed by atoms with E-state index in [4.69, 9.17) is 11.6 Å². The van der Waals surface area contributed by atoms with Gasteiger partial charge in [0.2, 0.25) is 0 Å². The molecule has 2 aromatic rings. The molecule has 0 saturated heterocycles. The van der Waals surface area contributed by atoms with Gasteiger partial charge >= 0.3 is 0 Å². The lowest BCUT2D eigenvalue weighted by atomic mass is 10.1. The Morgan fingerprint density at radius 3 is 2.71 bits per heavy atom. The van der Waals surface area contributed by atoms with Gasteiger partial charge < -0.3 is 5.11 Å². The van der Waals surface area contributed by atoms with Gasteiger partial charge in [0.05, 0.1) is 11.1 Å². The van der Waals surface area contributed by atoms with Crippen LogP contribution in [-0.2, 0) is 0 Å². The van der Waals surface area contributed by atoms with E-state index >= 15 is 0 Å². The number of aliphatic hydroxyl groups is 1. The van der Waals surface area contributed by atoms with E-state index in [2.05, 4.69) is 4.98 Å². The highest BCUT2D eigenvalue weighted by molar-refractivity contribution is 7.99. The minimum Gasteiger partial charge on any atom is -0.389 e. The molecule has 1 aromatic carbocycles. The van der Waals surface area contributed by atoms with Gasteiger partial charge in [0.15, 0.2) is 0 Å². The van der Waals surface area contributed by atoms with Gasteiger partial charge in [0, 0.05) is 11.1 Å². The highest BCUT2D eigenvalue weighted by atomic mass is 35.5. The van der Waals surface area contributed by atoms with Crippen LogP contribution in [0.4, 0.5) is 0 Å². The Morgan fingerprint density at radius 2 is 2.00 bits per heavy atom. The molecule has 1 heterocycles. The summed E-state index contributed by atoms with van der Waals surface area (Å²) in [5.74, 6) is 0. The summed E-state index contributed by atoms with van der Waals surface area (Å²) in [6.45, 7) is 1.75. The van der Waals surface area contributed by atoms with Crippen LogP contribution in [0.3, 0.4) is 0 Å². The number of pyridine rings is 1. The van der Waals surface area contributed by atoms with Crippen molar-refractivity contribution in [1.29, 1.82) is 0 Å². The van der Waals surface area contributed by atoms with E-state index in [9.17, 15) is 5.11 Å². The number of aromatic nitrogens is 1. The highest BCUT2D eigenvalue weighted by Gasteiger charge is 2.10. The zero-order valence-corrected chi connectivity index (χ0v) is 10.9. The third-order valence-corrected chi connectivity index (χ3v) is 3.83. The summed E-state index contributed by atoms with van der Waals surface area (Å²) in [4.78, 5) is 5.20. The lowest BCUT2D eigenvalue weighted by molar-refractivity contribution is 0.196. The summed E-state index contributed by atoms with van der Waals surface area (Å²) < 4.78 is 0. The van der Waals surface area contributed by atoms with Crippen LogP contribution in [0.25, 0.3) is 0 Å². The van der Waals surface area contributed by atoms with E-state index in [1.165, 1.54) is 11.8 Å². The SMILES string of the molecule is C[C@H](O)c1ccccc1Sc1ncccc1Cl. The largest absolute Gasteiger partial charge is 0.389 e. The van der Waals surface area contributed by atoms with E-state index < -0.39 is 6.10 Å². The minimum absolute atomic E-state index is 0.499. The number of aliphatic hydroxyl groups excluding tert-OH is 1. The van der Waals surface area contributed by atoms with E-state index in [0.29, 0.717) is 5.02 Å². The van der Waals surface area contributed by atoms with Crippen LogP contribution in [0.1, 0.15) is 18.6 Å². The number of nitrogens with zero attached hydrogens (tertiary/aromatic N) is 1. The van der Waals surface area contributed by atoms with Gasteiger partial charge in [-0.1, -0.05) is 41.6 Å².